The molecule has 1 aliphatic rings. The van der Waals surface area contributed by atoms with Crippen molar-refractivity contribution < 1.29 is 4.74 Å². The second-order valence-corrected chi connectivity index (χ2v) is 5.78. The average Bonchev–Trinajstić information content (AvgIpc) is 2.79. The third-order valence-electron chi connectivity index (χ3n) is 3.77. The summed E-state index contributed by atoms with van der Waals surface area (Å²) in [6.07, 6.45) is 3.21. The van der Waals surface area contributed by atoms with Crippen LogP contribution in [0.4, 0.5) is 0 Å². The first-order valence-electron chi connectivity index (χ1n) is 6.31. The number of benzene rings is 1. The van der Waals surface area contributed by atoms with Crippen LogP contribution < -0.4 is 10.5 Å². The molecule has 2 unspecified atom stereocenters. The molecule has 0 bridgehead atoms. The molecule has 2 N–H and O–H groups in total. The van der Waals surface area contributed by atoms with Crippen LogP contribution in [0.15, 0.2) is 23.1 Å². The minimum Gasteiger partial charge on any atom is -0.496 e. The van der Waals surface area contributed by atoms with Crippen molar-refractivity contribution >= 4 is 11.8 Å². The Morgan fingerprint density at radius 1 is 1.50 bits per heavy atom. The molecule has 0 aromatic heterocycles. The fourth-order valence-corrected chi connectivity index (χ4v) is 3.16. The highest BCUT2D eigenvalue weighted by Gasteiger charge is 2.31. The van der Waals surface area contributed by atoms with Gasteiger partial charge in [0.2, 0.25) is 0 Å². The number of nitrogens with two attached hydrogens (primary N) is 1. The molecule has 1 fully saturated rings. The van der Waals surface area contributed by atoms with Crippen molar-refractivity contribution in [1.82, 2.24) is 4.90 Å². The summed E-state index contributed by atoms with van der Waals surface area (Å²) in [5, 5.41) is 0. The third kappa shape index (κ3) is 2.66. The summed E-state index contributed by atoms with van der Waals surface area (Å²) in [5.41, 5.74) is 7.08. The molecular formula is C14H22N2OS. The van der Waals surface area contributed by atoms with Crippen LogP contribution in [0.2, 0.25) is 0 Å². The number of rotatable bonds is 4. The van der Waals surface area contributed by atoms with Crippen molar-refractivity contribution in [3.05, 3.63) is 23.8 Å². The highest BCUT2D eigenvalue weighted by Crippen LogP contribution is 2.39. The zero-order valence-corrected chi connectivity index (χ0v) is 12.2. The first kappa shape index (κ1) is 13.7. The smallest absolute Gasteiger partial charge is 0.124 e. The molecule has 1 aromatic rings. The van der Waals surface area contributed by atoms with Crippen molar-refractivity contribution in [3.63, 3.8) is 0 Å². The van der Waals surface area contributed by atoms with E-state index in [1.165, 1.54) is 10.5 Å². The molecule has 1 aromatic carbocycles. The first-order valence-corrected chi connectivity index (χ1v) is 7.54. The van der Waals surface area contributed by atoms with Crippen LogP contribution >= 0.6 is 11.8 Å². The highest BCUT2D eigenvalue weighted by atomic mass is 32.2. The maximum atomic E-state index is 5.79. The Morgan fingerprint density at radius 3 is 2.83 bits per heavy atom. The van der Waals surface area contributed by atoms with Gasteiger partial charge in [0.25, 0.3) is 0 Å². The molecule has 100 valence electrons. The molecule has 1 saturated heterocycles. The summed E-state index contributed by atoms with van der Waals surface area (Å²) in [6, 6.07) is 6.94. The van der Waals surface area contributed by atoms with Crippen molar-refractivity contribution in [2.24, 2.45) is 11.7 Å². The molecule has 3 nitrogen and oxygen atoms in total. The van der Waals surface area contributed by atoms with Gasteiger partial charge in [-0.3, -0.25) is 4.90 Å². The van der Waals surface area contributed by atoms with Crippen LogP contribution in [0, 0.1) is 5.92 Å². The first-order chi connectivity index (χ1) is 8.69. The number of nitrogens with zero attached hydrogens (tertiary/aromatic N) is 1. The minimum atomic E-state index is 0.435. The number of hydrogen-bond donors (Lipinski definition) is 1. The van der Waals surface area contributed by atoms with Crippen molar-refractivity contribution in [3.8, 4) is 5.75 Å². The molecule has 0 radical (unpaired) electrons. The lowest BCUT2D eigenvalue weighted by Crippen LogP contribution is -2.20. The van der Waals surface area contributed by atoms with Crippen LogP contribution in [0.3, 0.4) is 0 Å². The number of methoxy groups -OCH3 is 1. The van der Waals surface area contributed by atoms with Gasteiger partial charge in [-0.25, -0.2) is 0 Å². The summed E-state index contributed by atoms with van der Waals surface area (Å²) >= 11 is 1.74. The van der Waals surface area contributed by atoms with E-state index in [9.17, 15) is 0 Å². The molecule has 2 rings (SSSR count). The zero-order chi connectivity index (χ0) is 13.1. The van der Waals surface area contributed by atoms with E-state index in [1.54, 1.807) is 18.9 Å². The van der Waals surface area contributed by atoms with E-state index in [4.69, 9.17) is 10.5 Å². The van der Waals surface area contributed by atoms with Crippen LogP contribution in [0.1, 0.15) is 18.0 Å². The van der Waals surface area contributed by atoms with Gasteiger partial charge < -0.3 is 10.5 Å². The van der Waals surface area contributed by atoms with Gasteiger partial charge in [-0.15, -0.1) is 11.8 Å². The second-order valence-electron chi connectivity index (χ2n) is 4.90. The van der Waals surface area contributed by atoms with Gasteiger partial charge >= 0.3 is 0 Å². The Hall–Kier alpha value is -0.710. The molecule has 0 aliphatic carbocycles. The van der Waals surface area contributed by atoms with Gasteiger partial charge in [-0.1, -0.05) is 6.07 Å². The number of hydrogen-bond acceptors (Lipinski definition) is 4. The van der Waals surface area contributed by atoms with E-state index in [0.717, 1.165) is 25.3 Å². The fourth-order valence-electron chi connectivity index (χ4n) is 2.73. The fraction of sp³-hybridized carbons (Fsp3) is 0.571. The van der Waals surface area contributed by atoms with E-state index in [1.807, 2.05) is 0 Å². The minimum absolute atomic E-state index is 0.435. The Balaban J connectivity index is 2.27. The van der Waals surface area contributed by atoms with Crippen molar-refractivity contribution in [1.29, 1.82) is 0 Å². The van der Waals surface area contributed by atoms with E-state index < -0.39 is 0 Å². The van der Waals surface area contributed by atoms with E-state index in [0.29, 0.717) is 12.0 Å². The number of ether oxygens (including phenoxy) is 1. The van der Waals surface area contributed by atoms with Gasteiger partial charge in [0, 0.05) is 23.0 Å². The highest BCUT2D eigenvalue weighted by molar-refractivity contribution is 7.98. The lowest BCUT2D eigenvalue weighted by atomic mass is 9.99. The Bertz CT molecular complexity index is 411. The maximum absolute atomic E-state index is 5.79. The van der Waals surface area contributed by atoms with Gasteiger partial charge in [0.15, 0.2) is 0 Å². The number of thioether (sulfide) groups is 1. The summed E-state index contributed by atoms with van der Waals surface area (Å²) in [6.45, 7) is 1.85. The SMILES string of the molecule is COc1cc(SC)ccc1C1CC(CN)CN1C. The molecule has 4 heteroatoms. The Kier molecular flexibility index (Phi) is 4.54. The van der Waals surface area contributed by atoms with Crippen molar-refractivity contribution in [2.75, 3.05) is 33.5 Å². The Labute approximate surface area is 114 Å². The van der Waals surface area contributed by atoms with E-state index in [2.05, 4.69) is 36.4 Å². The molecular weight excluding hydrogens is 244 g/mol. The van der Waals surface area contributed by atoms with E-state index >= 15 is 0 Å². The lowest BCUT2D eigenvalue weighted by molar-refractivity contribution is 0.302. The molecule has 1 heterocycles. The molecule has 1 aliphatic heterocycles. The normalized spacial score (nSPS) is 24.4. The third-order valence-corrected chi connectivity index (χ3v) is 4.49. The summed E-state index contributed by atoms with van der Waals surface area (Å²) in [5.74, 6) is 1.60. The summed E-state index contributed by atoms with van der Waals surface area (Å²) < 4.78 is 5.55. The number of likely N-dealkylation sites (tertiary alicyclic amines) is 1. The Morgan fingerprint density at radius 2 is 2.28 bits per heavy atom. The molecule has 18 heavy (non-hydrogen) atoms. The van der Waals surface area contributed by atoms with Crippen LogP contribution in [0.25, 0.3) is 0 Å². The largest absolute Gasteiger partial charge is 0.496 e. The predicted octanol–water partition coefficient (Wildman–Crippen LogP) is 2.37. The van der Waals surface area contributed by atoms with Gasteiger partial charge in [0.1, 0.15) is 5.75 Å². The second kappa shape index (κ2) is 5.95. The summed E-state index contributed by atoms with van der Waals surface area (Å²) in [7, 11) is 3.92. The molecule has 0 spiro atoms. The van der Waals surface area contributed by atoms with Crippen LogP contribution in [0.5, 0.6) is 5.75 Å². The van der Waals surface area contributed by atoms with Crippen LogP contribution in [-0.4, -0.2) is 38.4 Å². The molecule has 0 saturated carbocycles. The van der Waals surface area contributed by atoms with Gasteiger partial charge in [0.05, 0.1) is 7.11 Å². The van der Waals surface area contributed by atoms with Crippen LogP contribution in [-0.2, 0) is 0 Å². The average molecular weight is 266 g/mol. The van der Waals surface area contributed by atoms with Gasteiger partial charge in [-0.2, -0.15) is 0 Å². The predicted molar refractivity (Wildman–Crippen MR) is 77.3 cm³/mol. The maximum Gasteiger partial charge on any atom is 0.124 e. The quantitative estimate of drug-likeness (QED) is 0.849. The van der Waals surface area contributed by atoms with Gasteiger partial charge in [-0.05, 0) is 44.3 Å². The summed E-state index contributed by atoms with van der Waals surface area (Å²) in [4.78, 5) is 3.63. The van der Waals surface area contributed by atoms with E-state index in [-0.39, 0.29) is 0 Å². The monoisotopic (exact) mass is 266 g/mol. The molecule has 2 atom stereocenters. The molecule has 0 amide bonds. The lowest BCUT2D eigenvalue weighted by Gasteiger charge is -2.22. The zero-order valence-electron chi connectivity index (χ0n) is 11.3. The standard InChI is InChI=1S/C14H22N2OS/c1-16-9-10(8-15)6-13(16)12-5-4-11(18-3)7-14(12)17-2/h4-5,7,10,13H,6,8-9,15H2,1-3H3. The van der Waals surface area contributed by atoms with Crippen molar-refractivity contribution in [2.45, 2.75) is 17.4 Å². The topological polar surface area (TPSA) is 38.5 Å².